The predicted octanol–water partition coefficient (Wildman–Crippen LogP) is 3.69. The van der Waals surface area contributed by atoms with Gasteiger partial charge in [-0.25, -0.2) is 4.98 Å². The molecule has 0 amide bonds. The van der Waals surface area contributed by atoms with Crippen molar-refractivity contribution in [2.24, 2.45) is 5.92 Å². The number of nitrogens with one attached hydrogen (secondary N) is 1. The van der Waals surface area contributed by atoms with E-state index >= 15 is 0 Å². The first kappa shape index (κ1) is 16.4. The number of aryl methyl sites for hydroxylation is 1. The molecule has 3 nitrogen and oxygen atoms in total. The first-order chi connectivity index (χ1) is 8.99. The van der Waals surface area contributed by atoms with Crippen molar-refractivity contribution < 1.29 is 0 Å². The maximum atomic E-state index is 4.80. The summed E-state index contributed by atoms with van der Waals surface area (Å²) in [4.78, 5) is 8.50. The van der Waals surface area contributed by atoms with Gasteiger partial charge in [-0.15, -0.1) is 11.3 Å². The van der Waals surface area contributed by atoms with Crippen LogP contribution in [-0.4, -0.2) is 24.6 Å². The Morgan fingerprint density at radius 1 is 1.26 bits per heavy atom. The van der Waals surface area contributed by atoms with Crippen LogP contribution in [0.5, 0.6) is 0 Å². The van der Waals surface area contributed by atoms with E-state index in [2.05, 4.69) is 51.9 Å². The standard InChI is InChI=1S/C15H29N3S/c1-7-12(5)18(6)15-17-13(8-2)14(19-15)10-16-9-11(3)4/h11-12,16H,7-10H2,1-6H3. The first-order valence-electron chi connectivity index (χ1n) is 7.41. The Morgan fingerprint density at radius 3 is 2.47 bits per heavy atom. The number of hydrogen-bond acceptors (Lipinski definition) is 4. The Morgan fingerprint density at radius 2 is 1.95 bits per heavy atom. The van der Waals surface area contributed by atoms with Gasteiger partial charge in [0.1, 0.15) is 0 Å². The van der Waals surface area contributed by atoms with Crippen LogP contribution in [0.4, 0.5) is 5.13 Å². The maximum absolute atomic E-state index is 4.80. The van der Waals surface area contributed by atoms with Gasteiger partial charge < -0.3 is 10.2 Å². The lowest BCUT2D eigenvalue weighted by Gasteiger charge is -2.22. The van der Waals surface area contributed by atoms with Crippen molar-refractivity contribution in [3.05, 3.63) is 10.6 Å². The van der Waals surface area contributed by atoms with E-state index in [0.717, 1.165) is 31.1 Å². The van der Waals surface area contributed by atoms with Crippen molar-refractivity contribution in [3.8, 4) is 0 Å². The molecule has 1 heterocycles. The molecule has 1 rings (SSSR count). The highest BCUT2D eigenvalue weighted by Gasteiger charge is 2.15. The molecule has 0 saturated heterocycles. The highest BCUT2D eigenvalue weighted by atomic mass is 32.1. The Bertz CT molecular complexity index is 373. The van der Waals surface area contributed by atoms with Crippen molar-refractivity contribution in [2.75, 3.05) is 18.5 Å². The maximum Gasteiger partial charge on any atom is 0.185 e. The molecule has 0 aliphatic heterocycles. The van der Waals surface area contributed by atoms with E-state index in [1.807, 2.05) is 11.3 Å². The van der Waals surface area contributed by atoms with E-state index in [-0.39, 0.29) is 0 Å². The number of anilines is 1. The predicted molar refractivity (Wildman–Crippen MR) is 86.2 cm³/mol. The fraction of sp³-hybridized carbons (Fsp3) is 0.800. The molecule has 110 valence electrons. The van der Waals surface area contributed by atoms with Crippen LogP contribution >= 0.6 is 11.3 Å². The third-order valence-corrected chi connectivity index (χ3v) is 4.68. The van der Waals surface area contributed by atoms with Gasteiger partial charge in [0, 0.05) is 24.5 Å². The second-order valence-electron chi connectivity index (χ2n) is 5.61. The molecular weight excluding hydrogens is 254 g/mol. The molecule has 1 aromatic heterocycles. The zero-order valence-corrected chi connectivity index (χ0v) is 14.1. The second-order valence-corrected chi connectivity index (χ2v) is 6.67. The molecule has 0 aliphatic rings. The zero-order valence-electron chi connectivity index (χ0n) is 13.3. The SMILES string of the molecule is CCc1nc(N(C)C(C)CC)sc1CNCC(C)C. The highest BCUT2D eigenvalue weighted by Crippen LogP contribution is 2.27. The number of rotatable bonds is 8. The second kappa shape index (κ2) is 7.85. The summed E-state index contributed by atoms with van der Waals surface area (Å²) >= 11 is 1.84. The van der Waals surface area contributed by atoms with Gasteiger partial charge >= 0.3 is 0 Å². The summed E-state index contributed by atoms with van der Waals surface area (Å²) in [5, 5.41) is 4.68. The quantitative estimate of drug-likeness (QED) is 0.789. The lowest BCUT2D eigenvalue weighted by Crippen LogP contribution is -2.27. The average molecular weight is 283 g/mol. The summed E-state index contributed by atoms with van der Waals surface area (Å²) in [7, 11) is 2.15. The third kappa shape index (κ3) is 4.77. The van der Waals surface area contributed by atoms with Crippen molar-refractivity contribution in [1.82, 2.24) is 10.3 Å². The van der Waals surface area contributed by atoms with Gasteiger partial charge in [0.05, 0.1) is 5.69 Å². The molecule has 1 atom stereocenters. The molecular formula is C15H29N3S. The minimum atomic E-state index is 0.548. The fourth-order valence-corrected chi connectivity index (χ4v) is 3.05. The van der Waals surface area contributed by atoms with Gasteiger partial charge in [-0.1, -0.05) is 27.7 Å². The van der Waals surface area contributed by atoms with Gasteiger partial charge in [0.15, 0.2) is 5.13 Å². The van der Waals surface area contributed by atoms with E-state index in [9.17, 15) is 0 Å². The van der Waals surface area contributed by atoms with Crippen LogP contribution in [0.15, 0.2) is 0 Å². The van der Waals surface area contributed by atoms with Gasteiger partial charge in [-0.3, -0.25) is 0 Å². The number of nitrogens with zero attached hydrogens (tertiary/aromatic N) is 2. The molecule has 0 aromatic carbocycles. The summed E-state index contributed by atoms with van der Waals surface area (Å²) < 4.78 is 0. The highest BCUT2D eigenvalue weighted by molar-refractivity contribution is 7.15. The third-order valence-electron chi connectivity index (χ3n) is 3.49. The topological polar surface area (TPSA) is 28.2 Å². The molecule has 1 aromatic rings. The van der Waals surface area contributed by atoms with Crippen molar-refractivity contribution >= 4 is 16.5 Å². The normalized spacial score (nSPS) is 13.0. The Labute approximate surface area is 122 Å². The van der Waals surface area contributed by atoms with Gasteiger partial charge in [-0.05, 0) is 32.2 Å². The minimum absolute atomic E-state index is 0.548. The van der Waals surface area contributed by atoms with Gasteiger partial charge in [-0.2, -0.15) is 0 Å². The molecule has 1 unspecified atom stereocenters. The summed E-state index contributed by atoms with van der Waals surface area (Å²) in [6.07, 6.45) is 2.17. The van der Waals surface area contributed by atoms with Gasteiger partial charge in [0.2, 0.25) is 0 Å². The van der Waals surface area contributed by atoms with Crippen LogP contribution in [0, 0.1) is 5.92 Å². The van der Waals surface area contributed by atoms with Crippen molar-refractivity contribution in [3.63, 3.8) is 0 Å². The number of aromatic nitrogens is 1. The molecule has 0 aliphatic carbocycles. The van der Waals surface area contributed by atoms with E-state index < -0.39 is 0 Å². The monoisotopic (exact) mass is 283 g/mol. The lowest BCUT2D eigenvalue weighted by atomic mass is 10.2. The Balaban J connectivity index is 2.73. The lowest BCUT2D eigenvalue weighted by molar-refractivity contribution is 0.553. The summed E-state index contributed by atoms with van der Waals surface area (Å²) in [6, 6.07) is 0.548. The van der Waals surface area contributed by atoms with Crippen molar-refractivity contribution in [2.45, 2.75) is 60.0 Å². The molecule has 0 fully saturated rings. The van der Waals surface area contributed by atoms with Crippen LogP contribution < -0.4 is 10.2 Å². The van der Waals surface area contributed by atoms with Crippen LogP contribution in [0.3, 0.4) is 0 Å². The van der Waals surface area contributed by atoms with E-state index in [1.54, 1.807) is 0 Å². The molecule has 4 heteroatoms. The molecule has 0 radical (unpaired) electrons. The molecule has 0 bridgehead atoms. The van der Waals surface area contributed by atoms with Crippen molar-refractivity contribution in [1.29, 1.82) is 0 Å². The van der Waals surface area contributed by atoms with E-state index in [4.69, 9.17) is 4.98 Å². The Kier molecular flexibility index (Phi) is 6.80. The van der Waals surface area contributed by atoms with E-state index in [0.29, 0.717) is 12.0 Å². The van der Waals surface area contributed by atoms with Crippen LogP contribution in [-0.2, 0) is 13.0 Å². The molecule has 0 spiro atoms. The van der Waals surface area contributed by atoms with E-state index in [1.165, 1.54) is 10.6 Å². The average Bonchev–Trinajstić information content (AvgIpc) is 2.79. The summed E-state index contributed by atoms with van der Waals surface area (Å²) in [5.41, 5.74) is 1.26. The first-order valence-corrected chi connectivity index (χ1v) is 8.23. The molecule has 1 N–H and O–H groups in total. The largest absolute Gasteiger partial charge is 0.348 e. The number of thiazole rings is 1. The smallest absolute Gasteiger partial charge is 0.185 e. The molecule has 0 saturated carbocycles. The minimum Gasteiger partial charge on any atom is -0.348 e. The summed E-state index contributed by atoms with van der Waals surface area (Å²) in [6.45, 7) is 13.2. The van der Waals surface area contributed by atoms with Crippen LogP contribution in [0.2, 0.25) is 0 Å². The Hall–Kier alpha value is -0.610. The fourth-order valence-electron chi connectivity index (χ4n) is 1.87. The summed E-state index contributed by atoms with van der Waals surface area (Å²) in [5.74, 6) is 0.695. The van der Waals surface area contributed by atoms with Crippen LogP contribution in [0.1, 0.15) is 51.6 Å². The zero-order chi connectivity index (χ0) is 14.4. The van der Waals surface area contributed by atoms with Crippen LogP contribution in [0.25, 0.3) is 0 Å². The van der Waals surface area contributed by atoms with Gasteiger partial charge in [0.25, 0.3) is 0 Å². The molecule has 19 heavy (non-hydrogen) atoms. The number of hydrogen-bond donors (Lipinski definition) is 1.